The lowest BCUT2D eigenvalue weighted by atomic mass is 10.2. The highest BCUT2D eigenvalue weighted by Gasteiger charge is 2.22. The highest BCUT2D eigenvalue weighted by molar-refractivity contribution is 7.87. The Morgan fingerprint density at radius 1 is 1.06 bits per heavy atom. The number of nitrogens with zero attached hydrogens (tertiary/aromatic N) is 1. The zero-order valence-corrected chi connectivity index (χ0v) is 20.2. The molecule has 0 saturated carbocycles. The largest absolute Gasteiger partial charge is 0.493 e. The minimum Gasteiger partial charge on any atom is -0.493 e. The van der Waals surface area contributed by atoms with E-state index in [0.29, 0.717) is 17.9 Å². The molecule has 3 rings (SSSR count). The van der Waals surface area contributed by atoms with Crippen LogP contribution in [-0.2, 0) is 23.2 Å². The fraction of sp³-hybridized carbons (Fsp3) is 0.227. The second-order valence-electron chi connectivity index (χ2n) is 6.87. The first-order valence-corrected chi connectivity index (χ1v) is 12.0. The van der Waals surface area contributed by atoms with E-state index in [-0.39, 0.29) is 45.6 Å². The van der Waals surface area contributed by atoms with Crippen molar-refractivity contribution in [2.45, 2.75) is 24.9 Å². The van der Waals surface area contributed by atoms with Gasteiger partial charge in [-0.25, -0.2) is 4.79 Å². The van der Waals surface area contributed by atoms with E-state index in [0.717, 1.165) is 0 Å². The van der Waals surface area contributed by atoms with E-state index >= 15 is 0 Å². The van der Waals surface area contributed by atoms with Crippen molar-refractivity contribution in [1.82, 2.24) is 10.2 Å². The average Bonchev–Trinajstić information content (AvgIpc) is 3.28. The van der Waals surface area contributed by atoms with Gasteiger partial charge in [-0.05, 0) is 55.0 Å². The molecule has 1 heterocycles. The molecule has 1 N–H and O–H groups in total. The van der Waals surface area contributed by atoms with Crippen LogP contribution in [0.5, 0.6) is 11.5 Å². The number of urea groups is 1. The summed E-state index contributed by atoms with van der Waals surface area (Å²) < 4.78 is 41.6. The van der Waals surface area contributed by atoms with Gasteiger partial charge in [0, 0.05) is 13.1 Å². The second kappa shape index (κ2) is 10.8. The van der Waals surface area contributed by atoms with Crippen molar-refractivity contribution < 1.29 is 26.5 Å². The Kier molecular flexibility index (Phi) is 8.12. The summed E-state index contributed by atoms with van der Waals surface area (Å²) in [5, 5.41) is 3.06. The highest BCUT2D eigenvalue weighted by atomic mass is 35.5. The van der Waals surface area contributed by atoms with Crippen LogP contribution < -0.4 is 14.2 Å². The smallest absolute Gasteiger partial charge is 0.339 e. The third-order valence-corrected chi connectivity index (χ3v) is 6.49. The van der Waals surface area contributed by atoms with Gasteiger partial charge in [0.1, 0.15) is 10.7 Å². The minimum absolute atomic E-state index is 0.0325. The molecule has 3 aromatic rings. The predicted molar refractivity (Wildman–Crippen MR) is 124 cm³/mol. The summed E-state index contributed by atoms with van der Waals surface area (Å²) in [6.45, 7) is 2.66. The maximum atomic E-state index is 12.8. The second-order valence-corrected chi connectivity index (χ2v) is 9.23. The molecule has 33 heavy (non-hydrogen) atoms. The van der Waals surface area contributed by atoms with Crippen LogP contribution in [0, 0.1) is 0 Å². The Bertz CT molecular complexity index is 1220. The number of ether oxygens (including phenoxy) is 1. The summed E-state index contributed by atoms with van der Waals surface area (Å²) in [4.78, 5) is 13.9. The van der Waals surface area contributed by atoms with Crippen molar-refractivity contribution >= 4 is 39.4 Å². The van der Waals surface area contributed by atoms with E-state index in [1.54, 1.807) is 24.3 Å². The van der Waals surface area contributed by atoms with Crippen LogP contribution in [0.25, 0.3) is 0 Å². The first kappa shape index (κ1) is 24.8. The van der Waals surface area contributed by atoms with Crippen molar-refractivity contribution in [3.8, 4) is 11.5 Å². The number of carbonyl (C=O) groups is 1. The minimum atomic E-state index is -4.23. The SMILES string of the molecule is CCNC(=O)N(Cc1ccc(OC)c(OS(=O)(=O)c2ccc(Cl)c(Cl)c2)c1)Cc1ccco1. The highest BCUT2D eigenvalue weighted by Crippen LogP contribution is 2.33. The molecule has 0 fully saturated rings. The molecule has 2 aromatic carbocycles. The van der Waals surface area contributed by atoms with Gasteiger partial charge in [0.15, 0.2) is 11.5 Å². The lowest BCUT2D eigenvalue weighted by Crippen LogP contribution is -2.38. The van der Waals surface area contributed by atoms with E-state index in [9.17, 15) is 13.2 Å². The first-order valence-electron chi connectivity index (χ1n) is 9.85. The Balaban J connectivity index is 1.88. The molecule has 0 spiro atoms. The number of methoxy groups -OCH3 is 1. The predicted octanol–water partition coefficient (Wildman–Crippen LogP) is 5.09. The summed E-state index contributed by atoms with van der Waals surface area (Å²) in [5.41, 5.74) is 0.618. The summed E-state index contributed by atoms with van der Waals surface area (Å²) >= 11 is 11.8. The van der Waals surface area contributed by atoms with Gasteiger partial charge in [-0.3, -0.25) is 0 Å². The molecule has 0 bridgehead atoms. The Morgan fingerprint density at radius 3 is 2.48 bits per heavy atom. The molecule has 0 saturated heterocycles. The average molecular weight is 513 g/mol. The van der Waals surface area contributed by atoms with Gasteiger partial charge < -0.3 is 23.6 Å². The van der Waals surface area contributed by atoms with E-state index in [1.165, 1.54) is 42.5 Å². The number of hydrogen-bond donors (Lipinski definition) is 1. The van der Waals surface area contributed by atoms with E-state index < -0.39 is 10.1 Å². The van der Waals surface area contributed by atoms with Crippen molar-refractivity contribution in [2.24, 2.45) is 0 Å². The number of halogens is 2. The summed E-state index contributed by atoms with van der Waals surface area (Å²) in [7, 11) is -2.83. The number of amides is 2. The van der Waals surface area contributed by atoms with Crippen molar-refractivity contribution in [3.63, 3.8) is 0 Å². The van der Waals surface area contributed by atoms with Crippen LogP contribution >= 0.6 is 23.2 Å². The van der Waals surface area contributed by atoms with Crippen LogP contribution in [0.4, 0.5) is 4.79 Å². The topological polar surface area (TPSA) is 98.1 Å². The number of rotatable bonds is 9. The third kappa shape index (κ3) is 6.34. The molecule has 0 atom stereocenters. The number of nitrogens with one attached hydrogen (secondary N) is 1. The zero-order valence-electron chi connectivity index (χ0n) is 17.9. The molecule has 1 aromatic heterocycles. The zero-order chi connectivity index (χ0) is 24.0. The molecule has 0 aliphatic rings. The molecule has 0 radical (unpaired) electrons. The van der Waals surface area contributed by atoms with Crippen LogP contribution in [0.2, 0.25) is 10.0 Å². The first-order chi connectivity index (χ1) is 15.7. The standard InChI is InChI=1S/C22H22Cl2N2O6S/c1-3-25-22(27)26(14-16-5-4-10-31-16)13-15-6-9-20(30-2)21(11-15)32-33(28,29)17-7-8-18(23)19(24)12-17/h4-12H,3,13-14H2,1-2H3,(H,25,27). The molecule has 8 nitrogen and oxygen atoms in total. The maximum Gasteiger partial charge on any atom is 0.339 e. The number of furan rings is 1. The van der Waals surface area contributed by atoms with Crippen LogP contribution in [0.15, 0.2) is 64.1 Å². The fourth-order valence-electron chi connectivity index (χ4n) is 2.96. The van der Waals surface area contributed by atoms with Gasteiger partial charge >= 0.3 is 16.1 Å². The molecule has 176 valence electrons. The van der Waals surface area contributed by atoms with E-state index in [4.69, 9.17) is 36.5 Å². The lowest BCUT2D eigenvalue weighted by Gasteiger charge is -2.22. The van der Waals surface area contributed by atoms with Gasteiger partial charge in [-0.1, -0.05) is 29.3 Å². The Morgan fingerprint density at radius 2 is 1.85 bits per heavy atom. The number of benzene rings is 2. The van der Waals surface area contributed by atoms with Crippen LogP contribution in [0.1, 0.15) is 18.2 Å². The maximum absolute atomic E-state index is 12.8. The van der Waals surface area contributed by atoms with Crippen LogP contribution in [0.3, 0.4) is 0 Å². The molecular formula is C22H22Cl2N2O6S. The molecule has 11 heteroatoms. The number of carbonyl (C=O) groups excluding carboxylic acids is 1. The molecule has 0 aliphatic heterocycles. The van der Waals surface area contributed by atoms with Crippen molar-refractivity contribution in [1.29, 1.82) is 0 Å². The third-order valence-electron chi connectivity index (χ3n) is 4.52. The van der Waals surface area contributed by atoms with E-state index in [2.05, 4.69) is 5.32 Å². The lowest BCUT2D eigenvalue weighted by molar-refractivity contribution is 0.188. The molecule has 0 unspecified atom stereocenters. The normalized spacial score (nSPS) is 11.2. The molecular weight excluding hydrogens is 491 g/mol. The quantitative estimate of drug-likeness (QED) is 0.400. The monoisotopic (exact) mass is 512 g/mol. The summed E-state index contributed by atoms with van der Waals surface area (Å²) in [5.74, 6) is 0.779. The Labute approximate surface area is 202 Å². The van der Waals surface area contributed by atoms with Gasteiger partial charge in [0.2, 0.25) is 0 Å². The molecule has 0 aliphatic carbocycles. The van der Waals surface area contributed by atoms with Crippen molar-refractivity contribution in [3.05, 3.63) is 76.2 Å². The van der Waals surface area contributed by atoms with E-state index in [1.807, 2.05) is 6.92 Å². The summed E-state index contributed by atoms with van der Waals surface area (Å²) in [6.07, 6.45) is 1.53. The summed E-state index contributed by atoms with van der Waals surface area (Å²) in [6, 6.07) is 11.8. The van der Waals surface area contributed by atoms with Gasteiger partial charge in [0.05, 0.1) is 30.0 Å². The van der Waals surface area contributed by atoms with Crippen molar-refractivity contribution in [2.75, 3.05) is 13.7 Å². The Hall–Kier alpha value is -2.88. The van der Waals surface area contributed by atoms with Crippen LogP contribution in [-0.4, -0.2) is 33.0 Å². The number of hydrogen-bond acceptors (Lipinski definition) is 6. The van der Waals surface area contributed by atoms with Gasteiger partial charge in [0.25, 0.3) is 0 Å². The van der Waals surface area contributed by atoms with Gasteiger partial charge in [-0.2, -0.15) is 8.42 Å². The fourth-order valence-corrected chi connectivity index (χ4v) is 4.28. The molecule has 2 amide bonds. The van der Waals surface area contributed by atoms with Gasteiger partial charge in [-0.15, -0.1) is 0 Å².